The molecule has 0 spiro atoms. The van der Waals surface area contributed by atoms with E-state index in [0.717, 1.165) is 17.7 Å². The molecule has 2 aromatic rings. The molecule has 2 aromatic carbocycles. The van der Waals surface area contributed by atoms with E-state index in [1.807, 2.05) is 19.1 Å². The van der Waals surface area contributed by atoms with Crippen LogP contribution in [-0.2, 0) is 11.0 Å². The van der Waals surface area contributed by atoms with Crippen LogP contribution in [0.25, 0.3) is 0 Å². The van der Waals surface area contributed by atoms with E-state index in [1.54, 1.807) is 17.0 Å². The number of aryl methyl sites for hydroxylation is 1. The van der Waals surface area contributed by atoms with Crippen LogP contribution in [0.4, 0.5) is 13.2 Å². The lowest BCUT2D eigenvalue weighted by molar-refractivity contribution is -0.140. The summed E-state index contributed by atoms with van der Waals surface area (Å²) >= 11 is 0. The fourth-order valence-electron chi connectivity index (χ4n) is 3.11. The number of nitrogens with zero attached hydrogens (tertiary/aromatic N) is 1. The smallest absolute Gasteiger partial charge is 0.416 e. The average Bonchev–Trinajstić information content (AvgIpc) is 2.69. The number of esters is 1. The van der Waals surface area contributed by atoms with Gasteiger partial charge in [0.2, 0.25) is 0 Å². The van der Waals surface area contributed by atoms with Gasteiger partial charge in [0, 0.05) is 18.7 Å². The summed E-state index contributed by atoms with van der Waals surface area (Å²) in [6.07, 6.45) is -3.52. The van der Waals surface area contributed by atoms with Crippen molar-refractivity contribution in [2.45, 2.75) is 25.9 Å². The summed E-state index contributed by atoms with van der Waals surface area (Å²) in [4.78, 5) is 26.3. The molecule has 0 unspecified atom stereocenters. The Labute approximate surface area is 160 Å². The number of piperidine rings is 1. The lowest BCUT2D eigenvalue weighted by Gasteiger charge is -2.31. The largest absolute Gasteiger partial charge is 0.426 e. The number of hydrogen-bond acceptors (Lipinski definition) is 3. The first-order chi connectivity index (χ1) is 13.2. The highest BCUT2D eigenvalue weighted by molar-refractivity contribution is 5.94. The standard InChI is InChI=1S/C21H20F3NO3/c1-14-2-8-18(9-3-14)28-20(27)16-10-12-25(13-11-16)19(26)15-4-6-17(7-5-15)21(22,23)24/h2-9,16H,10-13H2,1H3. The Morgan fingerprint density at radius 3 is 2.07 bits per heavy atom. The van der Waals surface area contributed by atoms with E-state index in [2.05, 4.69) is 0 Å². The van der Waals surface area contributed by atoms with Gasteiger partial charge in [-0.3, -0.25) is 9.59 Å². The Balaban J connectivity index is 1.55. The van der Waals surface area contributed by atoms with Gasteiger partial charge in [0.15, 0.2) is 0 Å². The molecular weight excluding hydrogens is 371 g/mol. The van der Waals surface area contributed by atoms with Crippen molar-refractivity contribution in [2.24, 2.45) is 5.92 Å². The van der Waals surface area contributed by atoms with Crippen LogP contribution in [0.3, 0.4) is 0 Å². The van der Waals surface area contributed by atoms with Crippen molar-refractivity contribution in [3.05, 3.63) is 65.2 Å². The van der Waals surface area contributed by atoms with Gasteiger partial charge in [-0.25, -0.2) is 0 Å². The summed E-state index contributed by atoms with van der Waals surface area (Å²) in [5.41, 5.74) is 0.477. The van der Waals surface area contributed by atoms with Crippen LogP contribution < -0.4 is 4.74 Å². The molecule has 0 bridgehead atoms. The Kier molecular flexibility index (Phi) is 5.72. The van der Waals surface area contributed by atoms with Crippen LogP contribution in [0.15, 0.2) is 48.5 Å². The van der Waals surface area contributed by atoms with Gasteiger partial charge in [-0.15, -0.1) is 0 Å². The van der Waals surface area contributed by atoms with E-state index in [0.29, 0.717) is 31.7 Å². The summed E-state index contributed by atoms with van der Waals surface area (Å²) in [7, 11) is 0. The Morgan fingerprint density at radius 1 is 0.964 bits per heavy atom. The maximum atomic E-state index is 12.6. The zero-order chi connectivity index (χ0) is 20.3. The highest BCUT2D eigenvalue weighted by atomic mass is 19.4. The number of halogens is 3. The number of benzene rings is 2. The molecule has 3 rings (SSSR count). The van der Waals surface area contributed by atoms with Crippen molar-refractivity contribution in [1.82, 2.24) is 4.90 Å². The number of carbonyl (C=O) groups excluding carboxylic acids is 2. The van der Waals surface area contributed by atoms with E-state index < -0.39 is 11.7 Å². The number of likely N-dealkylation sites (tertiary alicyclic amines) is 1. The molecule has 0 saturated carbocycles. The highest BCUT2D eigenvalue weighted by Gasteiger charge is 2.32. The molecule has 28 heavy (non-hydrogen) atoms. The van der Waals surface area contributed by atoms with Gasteiger partial charge in [0.05, 0.1) is 11.5 Å². The molecule has 4 nitrogen and oxygen atoms in total. The molecule has 1 fully saturated rings. The van der Waals surface area contributed by atoms with E-state index in [9.17, 15) is 22.8 Å². The topological polar surface area (TPSA) is 46.6 Å². The summed E-state index contributed by atoms with van der Waals surface area (Å²) in [6, 6.07) is 11.3. The Hall–Kier alpha value is -2.83. The second kappa shape index (κ2) is 8.04. The Bertz CT molecular complexity index is 837. The van der Waals surface area contributed by atoms with E-state index in [-0.39, 0.29) is 23.4 Å². The molecule has 0 radical (unpaired) electrons. The first-order valence-corrected chi connectivity index (χ1v) is 8.99. The predicted molar refractivity (Wildman–Crippen MR) is 96.9 cm³/mol. The molecule has 148 valence electrons. The number of amides is 1. The molecule has 1 amide bonds. The molecule has 0 aliphatic carbocycles. The maximum absolute atomic E-state index is 12.6. The third-order valence-electron chi connectivity index (χ3n) is 4.81. The summed E-state index contributed by atoms with van der Waals surface area (Å²) in [5.74, 6) is -0.485. The fraction of sp³-hybridized carbons (Fsp3) is 0.333. The zero-order valence-corrected chi connectivity index (χ0v) is 15.3. The van der Waals surface area contributed by atoms with Gasteiger partial charge in [0.1, 0.15) is 5.75 Å². The molecule has 0 N–H and O–H groups in total. The van der Waals surface area contributed by atoms with E-state index in [1.165, 1.54) is 12.1 Å². The third-order valence-corrected chi connectivity index (χ3v) is 4.81. The number of alkyl halides is 3. The number of rotatable bonds is 3. The zero-order valence-electron chi connectivity index (χ0n) is 15.3. The van der Waals surface area contributed by atoms with E-state index in [4.69, 9.17) is 4.74 Å². The molecule has 1 aliphatic heterocycles. The molecule has 7 heteroatoms. The molecule has 1 heterocycles. The minimum absolute atomic E-state index is 0.202. The summed E-state index contributed by atoms with van der Waals surface area (Å²) < 4.78 is 43.3. The minimum Gasteiger partial charge on any atom is -0.426 e. The number of hydrogen-bond donors (Lipinski definition) is 0. The number of ether oxygens (including phenoxy) is 1. The SMILES string of the molecule is Cc1ccc(OC(=O)C2CCN(C(=O)c3ccc(C(F)(F)F)cc3)CC2)cc1. The van der Waals surface area contributed by atoms with Crippen LogP contribution in [0.1, 0.15) is 34.3 Å². The van der Waals surface area contributed by atoms with Crippen molar-refractivity contribution in [2.75, 3.05) is 13.1 Å². The van der Waals surface area contributed by atoms with Crippen molar-refractivity contribution < 1.29 is 27.5 Å². The lowest BCUT2D eigenvalue weighted by Crippen LogP contribution is -2.41. The summed E-state index contributed by atoms with van der Waals surface area (Å²) in [6.45, 7) is 2.65. The third kappa shape index (κ3) is 4.71. The highest BCUT2D eigenvalue weighted by Crippen LogP contribution is 2.29. The van der Waals surface area contributed by atoms with Gasteiger partial charge < -0.3 is 9.64 Å². The van der Waals surface area contributed by atoms with E-state index >= 15 is 0 Å². The second-order valence-electron chi connectivity index (χ2n) is 6.88. The molecule has 1 aliphatic rings. The number of carbonyl (C=O) groups is 2. The van der Waals surface area contributed by atoms with Crippen LogP contribution >= 0.6 is 0 Å². The van der Waals surface area contributed by atoms with Crippen molar-refractivity contribution in [1.29, 1.82) is 0 Å². The quantitative estimate of drug-likeness (QED) is 0.573. The molecule has 0 atom stereocenters. The van der Waals surface area contributed by atoms with Gasteiger partial charge in [-0.05, 0) is 56.2 Å². The van der Waals surface area contributed by atoms with Crippen LogP contribution in [-0.4, -0.2) is 29.9 Å². The van der Waals surface area contributed by atoms with Gasteiger partial charge in [-0.1, -0.05) is 17.7 Å². The van der Waals surface area contributed by atoms with Crippen molar-refractivity contribution in [3.63, 3.8) is 0 Å². The second-order valence-corrected chi connectivity index (χ2v) is 6.88. The van der Waals surface area contributed by atoms with Crippen molar-refractivity contribution >= 4 is 11.9 Å². The summed E-state index contributed by atoms with van der Waals surface area (Å²) in [5, 5.41) is 0. The molecule has 1 saturated heterocycles. The molecular formula is C21H20F3NO3. The first kappa shape index (κ1) is 19.9. The van der Waals surface area contributed by atoms with Crippen molar-refractivity contribution in [3.8, 4) is 5.75 Å². The monoisotopic (exact) mass is 391 g/mol. The van der Waals surface area contributed by atoms with Crippen LogP contribution in [0, 0.1) is 12.8 Å². The first-order valence-electron chi connectivity index (χ1n) is 8.99. The van der Waals surface area contributed by atoms with Gasteiger partial charge in [-0.2, -0.15) is 13.2 Å². The van der Waals surface area contributed by atoms with Crippen LogP contribution in [0.5, 0.6) is 5.75 Å². The lowest BCUT2D eigenvalue weighted by atomic mass is 9.96. The fourth-order valence-corrected chi connectivity index (χ4v) is 3.11. The minimum atomic E-state index is -4.43. The van der Waals surface area contributed by atoms with Gasteiger partial charge >= 0.3 is 12.1 Å². The van der Waals surface area contributed by atoms with Crippen LogP contribution in [0.2, 0.25) is 0 Å². The maximum Gasteiger partial charge on any atom is 0.416 e. The average molecular weight is 391 g/mol. The Morgan fingerprint density at radius 2 is 1.54 bits per heavy atom. The molecule has 0 aromatic heterocycles. The van der Waals surface area contributed by atoms with Gasteiger partial charge in [0.25, 0.3) is 5.91 Å². The predicted octanol–water partition coefficient (Wildman–Crippen LogP) is 4.47. The normalized spacial score (nSPS) is 15.4.